The molecule has 0 saturated heterocycles. The number of hydrogen-bond donors (Lipinski definition) is 1. The van der Waals surface area contributed by atoms with Gasteiger partial charge in [0.1, 0.15) is 0 Å². The van der Waals surface area contributed by atoms with Gasteiger partial charge in [-0.2, -0.15) is 13.2 Å². The summed E-state index contributed by atoms with van der Waals surface area (Å²) >= 11 is 0. The van der Waals surface area contributed by atoms with Gasteiger partial charge >= 0.3 is 6.18 Å². The number of rotatable bonds is 2. The van der Waals surface area contributed by atoms with E-state index in [0.717, 1.165) is 23.3 Å². The van der Waals surface area contributed by atoms with E-state index in [1.54, 1.807) is 12.1 Å². The second-order valence-corrected chi connectivity index (χ2v) is 4.83. The number of halogens is 3. The number of benzene rings is 2. The summed E-state index contributed by atoms with van der Waals surface area (Å²) in [6.45, 7) is 3.83. The first kappa shape index (κ1) is 15.1. The van der Waals surface area contributed by atoms with Crippen LogP contribution in [0, 0.1) is 13.8 Å². The third kappa shape index (κ3) is 3.62. The zero-order valence-corrected chi connectivity index (χ0v) is 11.6. The maximum absolute atomic E-state index is 12.4. The normalized spacial score (nSPS) is 11.3. The molecule has 0 atom stereocenters. The fourth-order valence-corrected chi connectivity index (χ4v) is 1.83. The van der Waals surface area contributed by atoms with Crippen LogP contribution in [-0.2, 0) is 6.18 Å². The molecule has 2 rings (SSSR count). The molecule has 21 heavy (non-hydrogen) atoms. The topological polar surface area (TPSA) is 29.1 Å². The van der Waals surface area contributed by atoms with Gasteiger partial charge < -0.3 is 5.32 Å². The van der Waals surface area contributed by atoms with Gasteiger partial charge in [-0.15, -0.1) is 0 Å². The monoisotopic (exact) mass is 293 g/mol. The Hall–Kier alpha value is -2.30. The number of aryl methyl sites for hydroxylation is 2. The average Bonchev–Trinajstić information content (AvgIpc) is 2.41. The smallest absolute Gasteiger partial charge is 0.322 e. The van der Waals surface area contributed by atoms with Crippen LogP contribution in [-0.4, -0.2) is 5.91 Å². The third-order valence-electron chi connectivity index (χ3n) is 3.24. The summed E-state index contributed by atoms with van der Waals surface area (Å²) in [5.41, 5.74) is 2.10. The molecule has 0 unspecified atom stereocenters. The van der Waals surface area contributed by atoms with Crippen LogP contribution in [0.1, 0.15) is 27.0 Å². The van der Waals surface area contributed by atoms with Crippen LogP contribution in [0.2, 0.25) is 0 Å². The van der Waals surface area contributed by atoms with Crippen molar-refractivity contribution in [1.82, 2.24) is 0 Å². The highest BCUT2D eigenvalue weighted by atomic mass is 19.4. The number of anilines is 1. The molecule has 1 N–H and O–H groups in total. The fourth-order valence-electron chi connectivity index (χ4n) is 1.83. The summed E-state index contributed by atoms with van der Waals surface area (Å²) in [6, 6.07) is 9.61. The molecule has 0 heterocycles. The summed E-state index contributed by atoms with van der Waals surface area (Å²) in [5.74, 6) is -0.349. The summed E-state index contributed by atoms with van der Waals surface area (Å²) in [4.78, 5) is 12.0. The van der Waals surface area contributed by atoms with Crippen LogP contribution in [0.5, 0.6) is 0 Å². The van der Waals surface area contributed by atoms with Crippen LogP contribution in [0.3, 0.4) is 0 Å². The molecule has 5 heteroatoms. The maximum atomic E-state index is 12.4. The minimum atomic E-state index is -4.38. The number of alkyl halides is 3. The molecule has 0 fully saturated rings. The molecule has 0 bridgehead atoms. The van der Waals surface area contributed by atoms with Gasteiger partial charge in [0.2, 0.25) is 0 Å². The van der Waals surface area contributed by atoms with Gasteiger partial charge in [-0.3, -0.25) is 4.79 Å². The molecule has 0 spiro atoms. The minimum absolute atomic E-state index is 0.325. The van der Waals surface area contributed by atoms with E-state index in [-0.39, 0.29) is 5.91 Å². The van der Waals surface area contributed by atoms with Gasteiger partial charge in [0.25, 0.3) is 5.91 Å². The zero-order chi connectivity index (χ0) is 15.6. The lowest BCUT2D eigenvalue weighted by molar-refractivity contribution is -0.137. The highest BCUT2D eigenvalue weighted by Gasteiger charge is 2.29. The van der Waals surface area contributed by atoms with Crippen LogP contribution in [0.15, 0.2) is 42.5 Å². The van der Waals surface area contributed by atoms with Gasteiger partial charge in [-0.25, -0.2) is 0 Å². The van der Waals surface area contributed by atoms with Crippen LogP contribution >= 0.6 is 0 Å². The van der Waals surface area contributed by atoms with E-state index in [0.29, 0.717) is 11.3 Å². The van der Waals surface area contributed by atoms with E-state index in [9.17, 15) is 18.0 Å². The van der Waals surface area contributed by atoms with E-state index in [2.05, 4.69) is 5.32 Å². The lowest BCUT2D eigenvalue weighted by Crippen LogP contribution is -2.12. The molecular formula is C16H14F3NO. The Bertz CT molecular complexity index is 660. The molecule has 0 saturated carbocycles. The Kier molecular flexibility index (Phi) is 4.02. The third-order valence-corrected chi connectivity index (χ3v) is 3.24. The van der Waals surface area contributed by atoms with Crippen LogP contribution < -0.4 is 5.32 Å². The van der Waals surface area contributed by atoms with Gasteiger partial charge in [0, 0.05) is 11.3 Å². The summed E-state index contributed by atoms with van der Waals surface area (Å²) in [5, 5.41) is 2.58. The quantitative estimate of drug-likeness (QED) is 0.863. The molecule has 1 amide bonds. The lowest BCUT2D eigenvalue weighted by atomic mass is 10.1. The number of nitrogens with one attached hydrogen (secondary N) is 1. The molecule has 0 radical (unpaired) electrons. The number of carbonyl (C=O) groups excluding carboxylic acids is 1. The first-order chi connectivity index (χ1) is 9.77. The molecule has 0 aliphatic carbocycles. The van der Waals surface area contributed by atoms with E-state index < -0.39 is 11.7 Å². The predicted octanol–water partition coefficient (Wildman–Crippen LogP) is 4.57. The Morgan fingerprint density at radius 2 is 1.57 bits per heavy atom. The molecular weight excluding hydrogens is 279 g/mol. The molecule has 0 aromatic heterocycles. The molecule has 0 aliphatic heterocycles. The Labute approximate surface area is 120 Å². The van der Waals surface area contributed by atoms with Gasteiger partial charge in [-0.05, 0) is 61.4 Å². The van der Waals surface area contributed by atoms with Crippen molar-refractivity contribution in [3.05, 3.63) is 64.7 Å². The van der Waals surface area contributed by atoms with E-state index >= 15 is 0 Å². The van der Waals surface area contributed by atoms with Gasteiger partial charge in [-0.1, -0.05) is 6.07 Å². The van der Waals surface area contributed by atoms with Crippen molar-refractivity contribution in [1.29, 1.82) is 0 Å². The number of hydrogen-bond acceptors (Lipinski definition) is 1. The van der Waals surface area contributed by atoms with Crippen molar-refractivity contribution in [2.45, 2.75) is 20.0 Å². The van der Waals surface area contributed by atoms with Gasteiger partial charge in [0.15, 0.2) is 0 Å². The molecule has 0 aliphatic rings. The maximum Gasteiger partial charge on any atom is 0.416 e. The highest BCUT2D eigenvalue weighted by molar-refractivity contribution is 6.04. The van der Waals surface area contributed by atoms with Crippen LogP contribution in [0.4, 0.5) is 18.9 Å². The SMILES string of the molecule is Cc1ccc(C(=O)Nc2ccc(C(F)(F)F)cc2)cc1C. The molecule has 110 valence electrons. The molecule has 2 aromatic rings. The summed E-state index contributed by atoms with van der Waals surface area (Å²) in [7, 11) is 0. The number of carbonyl (C=O) groups is 1. The van der Waals surface area contributed by atoms with Crippen LogP contribution in [0.25, 0.3) is 0 Å². The van der Waals surface area contributed by atoms with Crippen molar-refractivity contribution in [2.24, 2.45) is 0 Å². The largest absolute Gasteiger partial charge is 0.416 e. The van der Waals surface area contributed by atoms with E-state index in [1.165, 1.54) is 12.1 Å². The Morgan fingerprint density at radius 3 is 2.10 bits per heavy atom. The highest BCUT2D eigenvalue weighted by Crippen LogP contribution is 2.29. The average molecular weight is 293 g/mol. The van der Waals surface area contributed by atoms with Crippen molar-refractivity contribution in [3.63, 3.8) is 0 Å². The van der Waals surface area contributed by atoms with Gasteiger partial charge in [0.05, 0.1) is 5.56 Å². The molecule has 2 aromatic carbocycles. The predicted molar refractivity (Wildman–Crippen MR) is 75.3 cm³/mol. The van der Waals surface area contributed by atoms with Crippen molar-refractivity contribution < 1.29 is 18.0 Å². The Morgan fingerprint density at radius 1 is 0.952 bits per heavy atom. The van der Waals surface area contributed by atoms with Crippen molar-refractivity contribution in [2.75, 3.05) is 5.32 Å². The van der Waals surface area contributed by atoms with Crippen molar-refractivity contribution in [3.8, 4) is 0 Å². The standard InChI is InChI=1S/C16H14F3NO/c1-10-3-4-12(9-11(10)2)15(21)20-14-7-5-13(6-8-14)16(17,18)19/h3-9H,1-2H3,(H,20,21). The fraction of sp³-hybridized carbons (Fsp3) is 0.188. The van der Waals surface area contributed by atoms with E-state index in [1.807, 2.05) is 19.9 Å². The molecule has 2 nitrogen and oxygen atoms in total. The minimum Gasteiger partial charge on any atom is -0.322 e. The zero-order valence-electron chi connectivity index (χ0n) is 11.6. The van der Waals surface area contributed by atoms with E-state index in [4.69, 9.17) is 0 Å². The van der Waals surface area contributed by atoms with Crippen molar-refractivity contribution >= 4 is 11.6 Å². The first-order valence-corrected chi connectivity index (χ1v) is 6.33. The lowest BCUT2D eigenvalue weighted by Gasteiger charge is -2.09. The number of amides is 1. The first-order valence-electron chi connectivity index (χ1n) is 6.33. The second kappa shape index (κ2) is 5.60. The Balaban J connectivity index is 2.14. The summed E-state index contributed by atoms with van der Waals surface area (Å²) in [6.07, 6.45) is -4.38. The second-order valence-electron chi connectivity index (χ2n) is 4.83. The summed E-state index contributed by atoms with van der Waals surface area (Å²) < 4.78 is 37.3.